The summed E-state index contributed by atoms with van der Waals surface area (Å²) in [4.78, 5) is 8.27. The van der Waals surface area contributed by atoms with E-state index in [1.165, 1.54) is 12.6 Å². The van der Waals surface area contributed by atoms with Crippen LogP contribution in [0.3, 0.4) is 0 Å². The van der Waals surface area contributed by atoms with Crippen LogP contribution >= 0.6 is 0 Å². The third-order valence-electron chi connectivity index (χ3n) is 3.95. The van der Waals surface area contributed by atoms with Gasteiger partial charge in [0.2, 0.25) is 10.0 Å². The van der Waals surface area contributed by atoms with Crippen molar-refractivity contribution in [2.75, 3.05) is 31.2 Å². The van der Waals surface area contributed by atoms with E-state index in [0.717, 1.165) is 23.9 Å². The minimum Gasteiger partial charge on any atom is -0.369 e. The van der Waals surface area contributed by atoms with E-state index < -0.39 is 10.0 Å². The first kappa shape index (κ1) is 15.2. The molecule has 22 heavy (non-hydrogen) atoms. The van der Waals surface area contributed by atoms with E-state index in [9.17, 15) is 8.42 Å². The highest BCUT2D eigenvalue weighted by Gasteiger charge is 2.26. The fourth-order valence-corrected chi connectivity index (χ4v) is 3.73. The molecule has 0 saturated carbocycles. The Kier molecular flexibility index (Phi) is 4.00. The van der Waals surface area contributed by atoms with Gasteiger partial charge in [-0.3, -0.25) is 0 Å². The maximum atomic E-state index is 11.7. The molecule has 3 rings (SSSR count). The molecule has 9 heteroatoms. The first-order chi connectivity index (χ1) is 10.4. The molecule has 0 unspecified atom stereocenters. The average Bonchev–Trinajstić information content (AvgIpc) is 2.87. The summed E-state index contributed by atoms with van der Waals surface area (Å²) in [5.74, 6) is 0.939. The number of rotatable bonds is 4. The van der Waals surface area contributed by atoms with Crippen molar-refractivity contribution >= 4 is 26.9 Å². The van der Waals surface area contributed by atoms with Gasteiger partial charge in [-0.25, -0.2) is 17.7 Å². The summed E-state index contributed by atoms with van der Waals surface area (Å²) in [6.07, 6.45) is 4.57. The molecule has 2 aromatic heterocycles. The van der Waals surface area contributed by atoms with Crippen molar-refractivity contribution in [1.29, 1.82) is 0 Å². The molecule has 0 aliphatic carbocycles. The Morgan fingerprint density at radius 1 is 1.45 bits per heavy atom. The normalized spacial score (nSPS) is 20.4. The number of nitrogens with one attached hydrogen (secondary N) is 1. The van der Waals surface area contributed by atoms with E-state index >= 15 is 0 Å². The summed E-state index contributed by atoms with van der Waals surface area (Å²) >= 11 is 0. The van der Waals surface area contributed by atoms with Gasteiger partial charge in [-0.05, 0) is 25.7 Å². The molecule has 1 N–H and O–H groups in total. The van der Waals surface area contributed by atoms with Gasteiger partial charge >= 0.3 is 0 Å². The maximum absolute atomic E-state index is 11.7. The number of nitrogens with zero attached hydrogens (tertiary/aromatic N) is 4. The number of hydrogen-bond donors (Lipinski definition) is 1. The Morgan fingerprint density at radius 2 is 2.27 bits per heavy atom. The van der Waals surface area contributed by atoms with Crippen molar-refractivity contribution in [2.24, 2.45) is 5.92 Å². The molecule has 3 heterocycles. The number of anilines is 1. The molecule has 0 bridgehead atoms. The van der Waals surface area contributed by atoms with Gasteiger partial charge in [-0.1, -0.05) is 5.16 Å². The monoisotopic (exact) mass is 325 g/mol. The Morgan fingerprint density at radius 3 is 3.05 bits per heavy atom. The molecule has 1 fully saturated rings. The van der Waals surface area contributed by atoms with Gasteiger partial charge in [0.1, 0.15) is 17.5 Å². The third kappa shape index (κ3) is 3.05. The van der Waals surface area contributed by atoms with E-state index in [2.05, 4.69) is 20.4 Å². The molecule has 0 radical (unpaired) electrons. The van der Waals surface area contributed by atoms with Crippen molar-refractivity contribution in [3.05, 3.63) is 12.0 Å². The molecule has 0 spiro atoms. The number of piperidine rings is 1. The van der Waals surface area contributed by atoms with Crippen molar-refractivity contribution in [3.63, 3.8) is 0 Å². The Bertz CT molecular complexity index is 773. The van der Waals surface area contributed by atoms with Crippen LogP contribution in [-0.4, -0.2) is 53.7 Å². The zero-order chi connectivity index (χ0) is 15.7. The number of hydrogen-bond acceptors (Lipinski definition) is 7. The summed E-state index contributed by atoms with van der Waals surface area (Å²) in [6.45, 7) is 3.65. The number of aromatic nitrogens is 3. The first-order valence-corrected chi connectivity index (χ1v) is 9.06. The maximum Gasteiger partial charge on any atom is 0.263 e. The Balaban J connectivity index is 1.70. The lowest BCUT2D eigenvalue weighted by Gasteiger charge is -2.31. The first-order valence-electron chi connectivity index (χ1n) is 7.21. The van der Waals surface area contributed by atoms with Gasteiger partial charge in [-0.15, -0.1) is 0 Å². The second kappa shape index (κ2) is 5.81. The summed E-state index contributed by atoms with van der Waals surface area (Å²) in [5.41, 5.74) is 1.19. The molecular formula is C13H19N5O3S. The van der Waals surface area contributed by atoms with Crippen molar-refractivity contribution in [2.45, 2.75) is 19.8 Å². The van der Waals surface area contributed by atoms with Crippen LogP contribution in [0.4, 0.5) is 5.82 Å². The SMILES string of the molecule is Cc1noc2ncnc(NC[C@@H]3CCCN(S(C)(=O)=O)C3)c12. The number of sulfonamides is 1. The second-order valence-corrected chi connectivity index (χ2v) is 7.66. The van der Waals surface area contributed by atoms with Crippen molar-refractivity contribution < 1.29 is 12.9 Å². The topological polar surface area (TPSA) is 101 Å². The zero-order valence-corrected chi connectivity index (χ0v) is 13.4. The predicted molar refractivity (Wildman–Crippen MR) is 82.0 cm³/mol. The van der Waals surface area contributed by atoms with Crippen LogP contribution in [-0.2, 0) is 10.0 Å². The smallest absolute Gasteiger partial charge is 0.263 e. The minimum atomic E-state index is -3.12. The second-order valence-electron chi connectivity index (χ2n) is 5.68. The molecule has 1 aliphatic rings. The van der Waals surface area contributed by atoms with Crippen LogP contribution in [0.2, 0.25) is 0 Å². The van der Waals surface area contributed by atoms with Gasteiger partial charge in [0.25, 0.3) is 5.71 Å². The quantitative estimate of drug-likeness (QED) is 0.895. The van der Waals surface area contributed by atoms with Gasteiger partial charge in [0, 0.05) is 19.6 Å². The average molecular weight is 325 g/mol. The fraction of sp³-hybridized carbons (Fsp3) is 0.615. The molecular weight excluding hydrogens is 306 g/mol. The summed E-state index contributed by atoms with van der Waals surface area (Å²) in [7, 11) is -3.12. The van der Waals surface area contributed by atoms with Crippen LogP contribution in [0.5, 0.6) is 0 Å². The van der Waals surface area contributed by atoms with Crippen molar-refractivity contribution in [1.82, 2.24) is 19.4 Å². The Hall–Kier alpha value is -1.74. The summed E-state index contributed by atoms with van der Waals surface area (Å²) in [5, 5.41) is 7.95. The highest BCUT2D eigenvalue weighted by atomic mass is 32.2. The predicted octanol–water partition coefficient (Wildman–Crippen LogP) is 1.01. The third-order valence-corrected chi connectivity index (χ3v) is 5.22. The van der Waals surface area contributed by atoms with Crippen LogP contribution in [0, 0.1) is 12.8 Å². The van der Waals surface area contributed by atoms with Gasteiger partial charge in [0.15, 0.2) is 0 Å². The highest BCUT2D eigenvalue weighted by Crippen LogP contribution is 2.24. The van der Waals surface area contributed by atoms with Crippen LogP contribution in [0.25, 0.3) is 11.1 Å². The van der Waals surface area contributed by atoms with E-state index in [0.29, 0.717) is 31.2 Å². The number of fused-ring (bicyclic) bond motifs is 1. The molecule has 8 nitrogen and oxygen atoms in total. The van der Waals surface area contributed by atoms with E-state index in [4.69, 9.17) is 4.52 Å². The summed E-state index contributed by atoms with van der Waals surface area (Å²) in [6, 6.07) is 0. The summed E-state index contributed by atoms with van der Waals surface area (Å²) < 4.78 is 30.0. The molecule has 0 amide bonds. The minimum absolute atomic E-state index is 0.258. The fourth-order valence-electron chi connectivity index (χ4n) is 2.79. The molecule has 0 aromatic carbocycles. The molecule has 1 aliphatic heterocycles. The van der Waals surface area contributed by atoms with E-state index in [1.54, 1.807) is 4.31 Å². The van der Waals surface area contributed by atoms with Gasteiger partial charge in [0.05, 0.1) is 11.9 Å². The lowest BCUT2D eigenvalue weighted by Crippen LogP contribution is -2.41. The largest absolute Gasteiger partial charge is 0.369 e. The number of aryl methyl sites for hydroxylation is 1. The van der Waals surface area contributed by atoms with Crippen LogP contribution in [0.1, 0.15) is 18.5 Å². The lowest BCUT2D eigenvalue weighted by atomic mass is 10.00. The highest BCUT2D eigenvalue weighted by molar-refractivity contribution is 7.88. The molecule has 120 valence electrons. The molecule has 2 aromatic rings. The van der Waals surface area contributed by atoms with Gasteiger partial charge < -0.3 is 9.84 Å². The van der Waals surface area contributed by atoms with Crippen LogP contribution in [0.15, 0.2) is 10.9 Å². The lowest BCUT2D eigenvalue weighted by molar-refractivity contribution is 0.276. The van der Waals surface area contributed by atoms with E-state index in [1.807, 2.05) is 6.92 Å². The van der Waals surface area contributed by atoms with Crippen LogP contribution < -0.4 is 5.32 Å². The van der Waals surface area contributed by atoms with Crippen molar-refractivity contribution in [3.8, 4) is 0 Å². The Labute approximate surface area is 129 Å². The van der Waals surface area contributed by atoms with Gasteiger partial charge in [-0.2, -0.15) is 4.98 Å². The van der Waals surface area contributed by atoms with E-state index in [-0.39, 0.29) is 5.92 Å². The molecule has 1 saturated heterocycles. The molecule has 1 atom stereocenters. The zero-order valence-electron chi connectivity index (χ0n) is 12.6. The standard InChI is InChI=1S/C13H19N5O3S/c1-9-11-12(15-8-16-13(11)21-17-9)14-6-10-4-3-5-18(7-10)22(2,19)20/h8,10H,3-7H2,1-2H3,(H,14,15,16)/t10-/m0/s1.